The molecule has 2 atom stereocenters. The molecule has 0 aliphatic carbocycles. The summed E-state index contributed by atoms with van der Waals surface area (Å²) in [5.41, 5.74) is 12.9. The summed E-state index contributed by atoms with van der Waals surface area (Å²) in [6, 6.07) is 15.3. The molecule has 0 saturated heterocycles. The molecule has 7 N–H and O–H groups in total. The largest absolute Gasteiger partial charge is 0.436 e. The molecule has 0 aromatic heterocycles. The molecule has 0 radical (unpaired) electrons. The predicted octanol–water partition coefficient (Wildman–Crippen LogP) is 0.999. The maximum atomic E-state index is 12.6. The molecule has 0 bridgehead atoms. The second kappa shape index (κ2) is 11.9. The lowest BCUT2D eigenvalue weighted by molar-refractivity contribution is -0.134. The van der Waals surface area contributed by atoms with Crippen molar-refractivity contribution < 1.29 is 24.3 Å². The smallest absolute Gasteiger partial charge is 0.405 e. The van der Waals surface area contributed by atoms with Crippen LogP contribution in [0.3, 0.4) is 0 Å². The van der Waals surface area contributed by atoms with E-state index in [0.29, 0.717) is 12.0 Å². The lowest BCUT2D eigenvalue weighted by atomic mass is 10.1. The Labute approximate surface area is 185 Å². The van der Waals surface area contributed by atoms with E-state index in [0.717, 1.165) is 11.1 Å². The fourth-order valence-corrected chi connectivity index (χ4v) is 2.89. The van der Waals surface area contributed by atoms with Crippen molar-refractivity contribution in [3.8, 4) is 0 Å². The van der Waals surface area contributed by atoms with Crippen molar-refractivity contribution in [3.05, 3.63) is 71.3 Å². The van der Waals surface area contributed by atoms with Gasteiger partial charge in [0.2, 0.25) is 5.91 Å². The van der Waals surface area contributed by atoms with Crippen molar-refractivity contribution in [1.29, 1.82) is 0 Å². The number of amides is 3. The monoisotopic (exact) mass is 441 g/mol. The zero-order valence-corrected chi connectivity index (χ0v) is 17.7. The van der Waals surface area contributed by atoms with Gasteiger partial charge in [0.1, 0.15) is 6.04 Å². The average Bonchev–Trinajstić information content (AvgIpc) is 2.80. The fraction of sp³-hybridized carbons (Fsp3) is 0.273. The number of nitrogens with one attached hydrogen (secondary N) is 2. The van der Waals surface area contributed by atoms with Gasteiger partial charge in [0, 0.05) is 12.1 Å². The highest BCUT2D eigenvalue weighted by Gasteiger charge is 2.25. The number of aryl methyl sites for hydroxylation is 1. The third kappa shape index (κ3) is 7.63. The first-order chi connectivity index (χ1) is 15.3. The Morgan fingerprint density at radius 2 is 1.66 bits per heavy atom. The van der Waals surface area contributed by atoms with Crippen LogP contribution >= 0.6 is 0 Å². The third-order valence-electron chi connectivity index (χ3n) is 4.67. The van der Waals surface area contributed by atoms with Crippen molar-refractivity contribution in [2.24, 2.45) is 16.6 Å². The van der Waals surface area contributed by atoms with E-state index in [1.54, 1.807) is 24.3 Å². The second-order valence-electron chi connectivity index (χ2n) is 7.08. The summed E-state index contributed by atoms with van der Waals surface area (Å²) in [4.78, 5) is 36.1. The third-order valence-corrected chi connectivity index (χ3v) is 4.67. The molecule has 170 valence electrons. The average molecular weight is 441 g/mol. The molecular weight excluding hydrogens is 414 g/mol. The van der Waals surface area contributed by atoms with Gasteiger partial charge in [0.25, 0.3) is 5.91 Å². The topological polar surface area (TPSA) is 169 Å². The Hall–Kier alpha value is -4.08. The molecule has 0 saturated carbocycles. The van der Waals surface area contributed by atoms with Gasteiger partial charge in [-0.05, 0) is 30.9 Å². The number of hydrogen-bond donors (Lipinski definition) is 5. The number of carbonyl (C=O) groups is 3. The van der Waals surface area contributed by atoms with Crippen molar-refractivity contribution >= 4 is 23.7 Å². The molecule has 2 aromatic carbocycles. The van der Waals surface area contributed by atoms with Crippen LogP contribution in [0.25, 0.3) is 0 Å². The maximum Gasteiger partial charge on any atom is 0.405 e. The summed E-state index contributed by atoms with van der Waals surface area (Å²) in [7, 11) is 0. The van der Waals surface area contributed by atoms with Crippen molar-refractivity contribution in [3.63, 3.8) is 0 Å². The quantitative estimate of drug-likeness (QED) is 0.159. The van der Waals surface area contributed by atoms with Gasteiger partial charge in [-0.3, -0.25) is 9.59 Å². The minimum absolute atomic E-state index is 0.0167. The summed E-state index contributed by atoms with van der Waals surface area (Å²) in [6.45, 7) is 1.73. The first-order valence-electron chi connectivity index (χ1n) is 9.95. The summed E-state index contributed by atoms with van der Waals surface area (Å²) in [5, 5.41) is 16.9. The minimum Gasteiger partial charge on any atom is -0.436 e. The molecule has 2 rings (SSSR count). The van der Waals surface area contributed by atoms with Crippen LogP contribution in [0.5, 0.6) is 0 Å². The van der Waals surface area contributed by atoms with Crippen LogP contribution in [-0.4, -0.2) is 41.1 Å². The lowest BCUT2D eigenvalue weighted by Crippen LogP contribution is -2.49. The molecule has 10 heteroatoms. The normalized spacial score (nSPS) is 13.0. The standard InChI is InChI=1S/C22H27N5O5/c1-14(20(28)25-13-16-7-10-17(11-8-16)19(23)27-31)26-21(29)18(32-22(24)30)12-9-15-5-3-2-4-6-15/h2-8,10-11,14,18,31H,9,12-13H2,1H3,(H2,23,27)(H2,24,30)(H,25,28)(H,26,29)/t14-,18+/m0/s1. The first-order valence-corrected chi connectivity index (χ1v) is 9.95. The number of rotatable bonds is 10. The number of nitrogens with zero attached hydrogens (tertiary/aromatic N) is 1. The van der Waals surface area contributed by atoms with E-state index in [1.165, 1.54) is 6.92 Å². The number of ether oxygens (including phenoxy) is 1. The summed E-state index contributed by atoms with van der Waals surface area (Å²) in [6.07, 6.45) is -1.46. The van der Waals surface area contributed by atoms with Crippen LogP contribution < -0.4 is 22.1 Å². The molecule has 0 aliphatic rings. The Morgan fingerprint density at radius 3 is 2.25 bits per heavy atom. The Balaban J connectivity index is 1.88. The highest BCUT2D eigenvalue weighted by atomic mass is 16.6. The van der Waals surface area contributed by atoms with Crippen LogP contribution in [0, 0.1) is 0 Å². The number of nitrogens with two attached hydrogens (primary N) is 2. The van der Waals surface area contributed by atoms with E-state index in [1.807, 2.05) is 30.3 Å². The van der Waals surface area contributed by atoms with Gasteiger partial charge in [-0.1, -0.05) is 59.8 Å². The predicted molar refractivity (Wildman–Crippen MR) is 118 cm³/mol. The summed E-state index contributed by atoms with van der Waals surface area (Å²) >= 11 is 0. The molecule has 2 aromatic rings. The van der Waals surface area contributed by atoms with Gasteiger partial charge >= 0.3 is 6.09 Å². The number of oxime groups is 1. The van der Waals surface area contributed by atoms with Crippen LogP contribution in [0.1, 0.15) is 30.0 Å². The van der Waals surface area contributed by atoms with E-state index in [2.05, 4.69) is 15.8 Å². The van der Waals surface area contributed by atoms with Crippen molar-refractivity contribution in [2.75, 3.05) is 0 Å². The molecule has 0 fully saturated rings. The van der Waals surface area contributed by atoms with E-state index in [4.69, 9.17) is 21.4 Å². The first kappa shape index (κ1) is 24.2. The van der Waals surface area contributed by atoms with Crippen LogP contribution in [-0.2, 0) is 27.3 Å². The van der Waals surface area contributed by atoms with Gasteiger partial charge < -0.3 is 32.0 Å². The van der Waals surface area contributed by atoms with Gasteiger partial charge in [0.05, 0.1) is 0 Å². The Kier molecular flexibility index (Phi) is 9.03. The van der Waals surface area contributed by atoms with E-state index < -0.39 is 30.1 Å². The fourth-order valence-electron chi connectivity index (χ4n) is 2.89. The number of primary amides is 1. The second-order valence-corrected chi connectivity index (χ2v) is 7.08. The Bertz CT molecular complexity index is 947. The SMILES string of the molecule is C[C@H](NC(=O)[C@@H](CCc1ccccc1)OC(N)=O)C(=O)NCc1ccc(C(N)=NO)cc1. The number of hydrogen-bond acceptors (Lipinski definition) is 6. The lowest BCUT2D eigenvalue weighted by Gasteiger charge is -2.20. The van der Waals surface area contributed by atoms with Gasteiger partial charge in [0.15, 0.2) is 11.9 Å². The van der Waals surface area contributed by atoms with Crippen LogP contribution in [0.4, 0.5) is 4.79 Å². The number of benzene rings is 2. The molecule has 3 amide bonds. The van der Waals surface area contributed by atoms with E-state index in [-0.39, 0.29) is 18.8 Å². The van der Waals surface area contributed by atoms with Gasteiger partial charge in [-0.15, -0.1) is 0 Å². The van der Waals surface area contributed by atoms with Crippen LogP contribution in [0.2, 0.25) is 0 Å². The van der Waals surface area contributed by atoms with Gasteiger partial charge in [-0.2, -0.15) is 0 Å². The molecule has 32 heavy (non-hydrogen) atoms. The number of amidine groups is 1. The molecule has 0 spiro atoms. The Morgan fingerprint density at radius 1 is 1.00 bits per heavy atom. The molecule has 10 nitrogen and oxygen atoms in total. The summed E-state index contributed by atoms with van der Waals surface area (Å²) in [5.74, 6) is -1.04. The molecular formula is C22H27N5O5. The van der Waals surface area contributed by atoms with Gasteiger partial charge in [-0.25, -0.2) is 4.79 Å². The highest BCUT2D eigenvalue weighted by Crippen LogP contribution is 2.09. The van der Waals surface area contributed by atoms with Crippen molar-refractivity contribution in [1.82, 2.24) is 10.6 Å². The van der Waals surface area contributed by atoms with Crippen LogP contribution in [0.15, 0.2) is 59.8 Å². The molecule has 0 aliphatic heterocycles. The molecule has 0 unspecified atom stereocenters. The highest BCUT2D eigenvalue weighted by molar-refractivity contribution is 5.97. The zero-order valence-electron chi connectivity index (χ0n) is 17.7. The van der Waals surface area contributed by atoms with E-state index in [9.17, 15) is 14.4 Å². The zero-order chi connectivity index (χ0) is 23.5. The minimum atomic E-state index is -1.12. The summed E-state index contributed by atoms with van der Waals surface area (Å²) < 4.78 is 4.94. The number of carbonyl (C=O) groups excluding carboxylic acids is 3. The maximum absolute atomic E-state index is 12.6. The molecule has 0 heterocycles. The van der Waals surface area contributed by atoms with E-state index >= 15 is 0 Å². The van der Waals surface area contributed by atoms with Crippen molar-refractivity contribution in [2.45, 2.75) is 38.5 Å².